The number of piperazine rings is 1. The Hall–Kier alpha value is -0.420. The smallest absolute Gasteiger partial charge is 0.0345 e. The van der Waals surface area contributed by atoms with Gasteiger partial charge < -0.3 is 10.2 Å². The van der Waals surface area contributed by atoms with Crippen molar-refractivity contribution in [3.63, 3.8) is 0 Å². The summed E-state index contributed by atoms with van der Waals surface area (Å²) in [5, 5.41) is 3.58. The molecule has 1 aromatic rings. The second kappa shape index (κ2) is 6.84. The molecule has 0 aromatic heterocycles. The van der Waals surface area contributed by atoms with E-state index in [1.165, 1.54) is 22.1 Å². The molecule has 3 nitrogen and oxygen atoms in total. The Labute approximate surface area is 125 Å². The molecule has 4 heteroatoms. The van der Waals surface area contributed by atoms with Crippen LogP contribution in [0.25, 0.3) is 0 Å². The van der Waals surface area contributed by atoms with E-state index in [0.29, 0.717) is 6.04 Å². The number of halogens is 1. The molecule has 1 aliphatic heterocycles. The van der Waals surface area contributed by atoms with Gasteiger partial charge in [-0.25, -0.2) is 0 Å². The quantitative estimate of drug-likeness (QED) is 0.914. The van der Waals surface area contributed by atoms with Gasteiger partial charge in [0.1, 0.15) is 0 Å². The van der Waals surface area contributed by atoms with Gasteiger partial charge in [-0.05, 0) is 38.2 Å². The van der Waals surface area contributed by atoms with Crippen LogP contribution in [0.5, 0.6) is 0 Å². The summed E-state index contributed by atoms with van der Waals surface area (Å²) in [7, 11) is 4.43. The SMILES string of the molecule is Cc1ccc(CNCC2CN(C)CCN2C)c(Br)c1. The lowest BCUT2D eigenvalue weighted by atomic mass is 10.1. The van der Waals surface area contributed by atoms with Gasteiger partial charge in [0.25, 0.3) is 0 Å². The first kappa shape index (κ1) is 15.0. The Morgan fingerprint density at radius 3 is 2.84 bits per heavy atom. The highest BCUT2D eigenvalue weighted by molar-refractivity contribution is 9.10. The average Bonchev–Trinajstić information content (AvgIpc) is 2.36. The Bertz CT molecular complexity index is 422. The van der Waals surface area contributed by atoms with E-state index in [0.717, 1.165) is 26.2 Å². The molecule has 1 aromatic carbocycles. The topological polar surface area (TPSA) is 18.5 Å². The number of rotatable bonds is 4. The number of hydrogen-bond donors (Lipinski definition) is 1. The van der Waals surface area contributed by atoms with Crippen molar-refractivity contribution in [1.82, 2.24) is 15.1 Å². The molecule has 0 bridgehead atoms. The molecule has 1 saturated heterocycles. The third-order valence-corrected chi connectivity index (χ3v) is 4.62. The molecule has 0 saturated carbocycles. The van der Waals surface area contributed by atoms with Crippen molar-refractivity contribution >= 4 is 15.9 Å². The van der Waals surface area contributed by atoms with E-state index in [1.807, 2.05) is 0 Å². The van der Waals surface area contributed by atoms with Crippen LogP contribution >= 0.6 is 15.9 Å². The van der Waals surface area contributed by atoms with Crippen molar-refractivity contribution in [3.8, 4) is 0 Å². The standard InChI is InChI=1S/C15H24BrN3/c1-12-4-5-13(15(16)8-12)9-17-10-14-11-18(2)6-7-19(14)3/h4-5,8,14,17H,6-7,9-11H2,1-3H3. The van der Waals surface area contributed by atoms with Gasteiger partial charge >= 0.3 is 0 Å². The summed E-state index contributed by atoms with van der Waals surface area (Å²) < 4.78 is 1.20. The second-order valence-corrected chi connectivity index (χ2v) is 6.48. The zero-order valence-electron chi connectivity index (χ0n) is 12.1. The minimum Gasteiger partial charge on any atom is -0.311 e. The van der Waals surface area contributed by atoms with Gasteiger partial charge in [-0.15, -0.1) is 0 Å². The number of nitrogens with one attached hydrogen (secondary N) is 1. The van der Waals surface area contributed by atoms with E-state index < -0.39 is 0 Å². The summed E-state index contributed by atoms with van der Waals surface area (Å²) in [5.41, 5.74) is 2.63. The fraction of sp³-hybridized carbons (Fsp3) is 0.600. The van der Waals surface area contributed by atoms with Gasteiger partial charge in [0.2, 0.25) is 0 Å². The first-order valence-corrected chi connectivity index (χ1v) is 7.70. The zero-order chi connectivity index (χ0) is 13.8. The van der Waals surface area contributed by atoms with Crippen molar-refractivity contribution < 1.29 is 0 Å². The third-order valence-electron chi connectivity index (χ3n) is 3.88. The molecule has 0 amide bonds. The zero-order valence-corrected chi connectivity index (χ0v) is 13.7. The minimum atomic E-state index is 0.614. The van der Waals surface area contributed by atoms with Crippen LogP contribution < -0.4 is 5.32 Å². The number of hydrogen-bond acceptors (Lipinski definition) is 3. The summed E-state index contributed by atoms with van der Waals surface area (Å²) in [6, 6.07) is 7.16. The van der Waals surface area contributed by atoms with Crippen molar-refractivity contribution in [1.29, 1.82) is 0 Å². The second-order valence-electron chi connectivity index (χ2n) is 5.62. The molecule has 1 atom stereocenters. The van der Waals surface area contributed by atoms with Crippen LogP contribution in [0.4, 0.5) is 0 Å². The van der Waals surface area contributed by atoms with E-state index in [9.17, 15) is 0 Å². The van der Waals surface area contributed by atoms with Crippen LogP contribution in [0, 0.1) is 6.92 Å². The van der Waals surface area contributed by atoms with Crippen LogP contribution in [0.15, 0.2) is 22.7 Å². The Balaban J connectivity index is 1.82. The Morgan fingerprint density at radius 2 is 2.11 bits per heavy atom. The summed E-state index contributed by atoms with van der Waals surface area (Å²) in [5.74, 6) is 0. The molecule has 0 radical (unpaired) electrons. The van der Waals surface area contributed by atoms with Crippen molar-refractivity contribution in [2.24, 2.45) is 0 Å². The number of benzene rings is 1. The normalized spacial score (nSPS) is 21.8. The van der Waals surface area contributed by atoms with E-state index >= 15 is 0 Å². The highest BCUT2D eigenvalue weighted by atomic mass is 79.9. The average molecular weight is 326 g/mol. The van der Waals surface area contributed by atoms with Crippen molar-refractivity contribution in [3.05, 3.63) is 33.8 Å². The molecule has 0 spiro atoms. The summed E-state index contributed by atoms with van der Waals surface area (Å²) >= 11 is 3.64. The van der Waals surface area contributed by atoms with Crippen LogP contribution in [-0.4, -0.2) is 56.1 Å². The summed E-state index contributed by atoms with van der Waals surface area (Å²) in [6.07, 6.45) is 0. The lowest BCUT2D eigenvalue weighted by molar-refractivity contribution is 0.113. The maximum absolute atomic E-state index is 3.64. The molecular weight excluding hydrogens is 302 g/mol. The minimum absolute atomic E-state index is 0.614. The van der Waals surface area contributed by atoms with E-state index in [1.54, 1.807) is 0 Å². The Morgan fingerprint density at radius 1 is 1.32 bits per heavy atom. The van der Waals surface area contributed by atoms with E-state index in [-0.39, 0.29) is 0 Å². The predicted octanol–water partition coefficient (Wildman–Crippen LogP) is 2.09. The molecule has 1 N–H and O–H groups in total. The highest BCUT2D eigenvalue weighted by Gasteiger charge is 2.21. The molecular formula is C15H24BrN3. The number of likely N-dealkylation sites (N-methyl/N-ethyl adjacent to an activating group) is 2. The molecule has 1 heterocycles. The van der Waals surface area contributed by atoms with E-state index in [2.05, 4.69) is 70.3 Å². The monoisotopic (exact) mass is 325 g/mol. The molecule has 1 fully saturated rings. The maximum Gasteiger partial charge on any atom is 0.0345 e. The largest absolute Gasteiger partial charge is 0.311 e. The number of aryl methyl sites for hydroxylation is 1. The van der Waals surface area contributed by atoms with Gasteiger partial charge in [-0.3, -0.25) is 4.90 Å². The first-order valence-electron chi connectivity index (χ1n) is 6.91. The molecule has 1 unspecified atom stereocenters. The van der Waals surface area contributed by atoms with Crippen LogP contribution in [0.3, 0.4) is 0 Å². The fourth-order valence-corrected chi connectivity index (χ4v) is 3.12. The molecule has 106 valence electrons. The van der Waals surface area contributed by atoms with Gasteiger partial charge in [0.15, 0.2) is 0 Å². The summed E-state index contributed by atoms with van der Waals surface area (Å²) in [6.45, 7) is 7.58. The van der Waals surface area contributed by atoms with Gasteiger partial charge in [-0.1, -0.05) is 28.1 Å². The Kier molecular flexibility index (Phi) is 5.39. The maximum atomic E-state index is 3.64. The fourth-order valence-electron chi connectivity index (χ4n) is 2.49. The van der Waals surface area contributed by atoms with Gasteiger partial charge in [-0.2, -0.15) is 0 Å². The van der Waals surface area contributed by atoms with Crippen LogP contribution in [-0.2, 0) is 6.54 Å². The first-order chi connectivity index (χ1) is 9.06. The summed E-state index contributed by atoms with van der Waals surface area (Å²) in [4.78, 5) is 4.87. The lowest BCUT2D eigenvalue weighted by Crippen LogP contribution is -2.53. The van der Waals surface area contributed by atoms with E-state index in [4.69, 9.17) is 0 Å². The third kappa shape index (κ3) is 4.28. The van der Waals surface area contributed by atoms with Gasteiger partial charge in [0, 0.05) is 43.2 Å². The lowest BCUT2D eigenvalue weighted by Gasteiger charge is -2.37. The van der Waals surface area contributed by atoms with Crippen LogP contribution in [0.2, 0.25) is 0 Å². The molecule has 1 aliphatic rings. The van der Waals surface area contributed by atoms with Crippen molar-refractivity contribution in [2.45, 2.75) is 19.5 Å². The molecule has 19 heavy (non-hydrogen) atoms. The highest BCUT2D eigenvalue weighted by Crippen LogP contribution is 2.18. The molecule has 0 aliphatic carbocycles. The predicted molar refractivity (Wildman–Crippen MR) is 84.5 cm³/mol. The van der Waals surface area contributed by atoms with Crippen molar-refractivity contribution in [2.75, 3.05) is 40.3 Å². The number of nitrogens with zero attached hydrogens (tertiary/aromatic N) is 2. The molecule has 2 rings (SSSR count). The van der Waals surface area contributed by atoms with Crippen LogP contribution in [0.1, 0.15) is 11.1 Å². The van der Waals surface area contributed by atoms with Gasteiger partial charge in [0.05, 0.1) is 0 Å².